The van der Waals surface area contributed by atoms with Crippen molar-refractivity contribution >= 4 is 10.1 Å². The topological polar surface area (TPSA) is 61.1 Å². The second-order valence-electron chi connectivity index (χ2n) is 10.8. The molecule has 0 unspecified atom stereocenters. The smallest absolute Gasteiger partial charge is 0.485 e. The monoisotopic (exact) mass is 599 g/mol. The van der Waals surface area contributed by atoms with Crippen LogP contribution in [0.2, 0.25) is 0 Å². The average Bonchev–Trinajstić information content (AvgIpc) is 2.99. The van der Waals surface area contributed by atoms with Gasteiger partial charge in [0.1, 0.15) is 0 Å². The molecule has 43 heavy (non-hydrogen) atoms. The van der Waals surface area contributed by atoms with E-state index >= 15 is 0 Å². The zero-order valence-electron chi connectivity index (χ0n) is 23.4. The first-order valence-electron chi connectivity index (χ1n) is 14.0. The molecule has 4 nitrogen and oxygen atoms in total. The number of benzene rings is 4. The predicted molar refractivity (Wildman–Crippen MR) is 160 cm³/mol. The highest BCUT2D eigenvalue weighted by atomic mass is 32.2. The van der Waals surface area contributed by atoms with E-state index in [2.05, 4.69) is 115 Å². The van der Waals surface area contributed by atoms with Crippen molar-refractivity contribution < 1.29 is 30.7 Å². The van der Waals surface area contributed by atoms with Crippen LogP contribution in [0.15, 0.2) is 103 Å². The van der Waals surface area contributed by atoms with Crippen LogP contribution < -0.4 is 4.57 Å². The molecule has 0 aliphatic heterocycles. The number of rotatable bonds is 2. The summed E-state index contributed by atoms with van der Waals surface area (Å²) in [5.74, 6) is 0. The van der Waals surface area contributed by atoms with Crippen molar-refractivity contribution in [3.8, 4) is 39.3 Å². The van der Waals surface area contributed by atoms with Gasteiger partial charge in [-0.15, -0.1) is 0 Å². The van der Waals surface area contributed by atoms with Crippen LogP contribution in [-0.2, 0) is 35.8 Å². The quantitative estimate of drug-likeness (QED) is 0.120. The molecule has 0 N–H and O–H groups in total. The molecule has 0 saturated heterocycles. The van der Waals surface area contributed by atoms with Crippen LogP contribution in [0.4, 0.5) is 13.2 Å². The molecule has 2 aliphatic carbocycles. The van der Waals surface area contributed by atoms with Crippen molar-refractivity contribution in [3.05, 3.63) is 131 Å². The molecule has 1 heterocycles. The molecule has 0 amide bonds. The fourth-order valence-electron chi connectivity index (χ4n) is 6.29. The highest BCUT2D eigenvalue weighted by molar-refractivity contribution is 7.86. The first-order valence-corrected chi connectivity index (χ1v) is 15.4. The third-order valence-electron chi connectivity index (χ3n) is 8.06. The SMILES string of the molecule is Cc1cccc(-[n+]2c3c(c(-c4ccccc4)c4c2-c2ccccc2CC4)CCc2ccccc2-3)c1.O=S(=O)([O-])C(F)(F)F. The second kappa shape index (κ2) is 11.1. The van der Waals surface area contributed by atoms with Gasteiger partial charge in [0.2, 0.25) is 17.1 Å². The molecular formula is C35H28F3NO3S. The van der Waals surface area contributed by atoms with Gasteiger partial charge >= 0.3 is 5.51 Å². The van der Waals surface area contributed by atoms with Gasteiger partial charge in [0, 0.05) is 28.8 Å². The van der Waals surface area contributed by atoms with Gasteiger partial charge in [-0.3, -0.25) is 0 Å². The van der Waals surface area contributed by atoms with Crippen molar-refractivity contribution in [2.75, 3.05) is 0 Å². The molecule has 5 aromatic rings. The van der Waals surface area contributed by atoms with Crippen molar-refractivity contribution in [2.45, 2.75) is 38.1 Å². The Labute approximate surface area is 248 Å². The summed E-state index contributed by atoms with van der Waals surface area (Å²) in [5, 5.41) is 0. The maximum absolute atomic E-state index is 10.7. The summed E-state index contributed by atoms with van der Waals surface area (Å²) < 4.78 is 61.5. The molecule has 2 aliphatic rings. The highest BCUT2D eigenvalue weighted by Crippen LogP contribution is 2.45. The number of pyridine rings is 1. The Hall–Kier alpha value is -4.27. The summed E-state index contributed by atoms with van der Waals surface area (Å²) >= 11 is 0. The number of alkyl halides is 3. The molecule has 0 atom stereocenters. The minimum Gasteiger partial charge on any atom is -0.741 e. The Morgan fingerprint density at radius 2 is 1.16 bits per heavy atom. The predicted octanol–water partition coefficient (Wildman–Crippen LogP) is 7.52. The highest BCUT2D eigenvalue weighted by Gasteiger charge is 2.39. The summed E-state index contributed by atoms with van der Waals surface area (Å²) in [6.07, 6.45) is 4.31. The summed E-state index contributed by atoms with van der Waals surface area (Å²) in [6.45, 7) is 2.20. The van der Waals surface area contributed by atoms with Crippen molar-refractivity contribution in [3.63, 3.8) is 0 Å². The lowest BCUT2D eigenvalue weighted by atomic mass is 9.77. The van der Waals surface area contributed by atoms with Gasteiger partial charge in [-0.2, -0.15) is 17.7 Å². The number of nitrogens with zero attached hydrogens (tertiary/aromatic N) is 1. The maximum atomic E-state index is 10.7. The molecule has 7 rings (SSSR count). The van der Waals surface area contributed by atoms with Crippen LogP contribution >= 0.6 is 0 Å². The van der Waals surface area contributed by atoms with Crippen LogP contribution in [0.5, 0.6) is 0 Å². The van der Waals surface area contributed by atoms with Crippen LogP contribution in [0.3, 0.4) is 0 Å². The van der Waals surface area contributed by atoms with E-state index < -0.39 is 15.6 Å². The van der Waals surface area contributed by atoms with Gasteiger partial charge in [-0.05, 0) is 67.0 Å². The maximum Gasteiger partial charge on any atom is 0.485 e. The van der Waals surface area contributed by atoms with Gasteiger partial charge in [0.05, 0.1) is 11.1 Å². The summed E-state index contributed by atoms with van der Waals surface area (Å²) in [6, 6.07) is 38.2. The summed E-state index contributed by atoms with van der Waals surface area (Å²) in [5.41, 5.74) is 11.1. The van der Waals surface area contributed by atoms with Gasteiger partial charge in [-0.25, -0.2) is 8.42 Å². The van der Waals surface area contributed by atoms with Gasteiger partial charge in [0.15, 0.2) is 10.1 Å². The molecule has 0 saturated carbocycles. The number of hydrogen-bond acceptors (Lipinski definition) is 3. The Morgan fingerprint density at radius 1 is 0.674 bits per heavy atom. The van der Waals surface area contributed by atoms with Crippen molar-refractivity contribution in [1.82, 2.24) is 0 Å². The number of halogens is 3. The third-order valence-corrected chi connectivity index (χ3v) is 8.63. The largest absolute Gasteiger partial charge is 0.741 e. The van der Waals surface area contributed by atoms with Crippen LogP contribution in [-0.4, -0.2) is 18.5 Å². The molecule has 0 spiro atoms. The van der Waals surface area contributed by atoms with E-state index in [1.807, 2.05) is 0 Å². The zero-order chi connectivity index (χ0) is 30.4. The van der Waals surface area contributed by atoms with Gasteiger partial charge in [0.25, 0.3) is 0 Å². The standard InChI is InChI=1S/C34H28N.CHF3O3S/c1-23-10-9-15-27(22-23)35-33-28-16-7-5-11-24(28)18-20-30(33)32(26-13-3-2-4-14-26)31-21-19-25-12-6-8-17-29(25)34(31)35;2-1(3,4)8(5,6)7/h2-17,22H,18-21H2,1H3;(H,5,6,7)/q+1;/p-1. The number of fused-ring (bicyclic) bond motifs is 6. The first-order chi connectivity index (χ1) is 20.5. The first kappa shape index (κ1) is 28.8. The van der Waals surface area contributed by atoms with Gasteiger partial charge in [-0.1, -0.05) is 78.9 Å². The van der Waals surface area contributed by atoms with Crippen molar-refractivity contribution in [2.24, 2.45) is 0 Å². The lowest BCUT2D eigenvalue weighted by Gasteiger charge is -2.28. The Bertz CT molecular complexity index is 1880. The van der Waals surface area contributed by atoms with E-state index in [-0.39, 0.29) is 0 Å². The fraction of sp³-hybridized carbons (Fsp3) is 0.171. The van der Waals surface area contributed by atoms with E-state index in [1.165, 1.54) is 67.1 Å². The molecule has 1 aromatic heterocycles. The van der Waals surface area contributed by atoms with Crippen molar-refractivity contribution in [1.29, 1.82) is 0 Å². The molecule has 0 bridgehead atoms. The molecule has 0 fully saturated rings. The lowest BCUT2D eigenvalue weighted by molar-refractivity contribution is -0.573. The van der Waals surface area contributed by atoms with Gasteiger partial charge < -0.3 is 4.55 Å². The van der Waals surface area contributed by atoms with E-state index in [0.717, 1.165) is 25.7 Å². The molecule has 8 heteroatoms. The molecule has 4 aromatic carbocycles. The minimum absolute atomic E-state index is 1.07. The van der Waals surface area contributed by atoms with E-state index in [9.17, 15) is 13.2 Å². The van der Waals surface area contributed by atoms with E-state index in [1.54, 1.807) is 0 Å². The summed E-state index contributed by atoms with van der Waals surface area (Å²) in [7, 11) is -6.09. The molecule has 0 radical (unpaired) electrons. The molecule has 218 valence electrons. The van der Waals surface area contributed by atoms with E-state index in [0.29, 0.717) is 0 Å². The second-order valence-corrected chi connectivity index (χ2v) is 12.2. The fourth-order valence-corrected chi connectivity index (χ4v) is 6.29. The van der Waals surface area contributed by atoms with Crippen LogP contribution in [0.25, 0.3) is 39.3 Å². The van der Waals surface area contributed by atoms with Crippen LogP contribution in [0, 0.1) is 6.92 Å². The lowest BCUT2D eigenvalue weighted by Crippen LogP contribution is -2.41. The Kier molecular flexibility index (Phi) is 7.44. The zero-order valence-corrected chi connectivity index (χ0v) is 24.2. The number of hydrogen-bond donors (Lipinski definition) is 0. The number of aryl methyl sites for hydroxylation is 3. The Balaban J connectivity index is 0.000000365. The Morgan fingerprint density at radius 3 is 1.65 bits per heavy atom. The third kappa shape index (κ3) is 5.37. The van der Waals surface area contributed by atoms with Crippen LogP contribution in [0.1, 0.15) is 27.8 Å². The molecular weight excluding hydrogens is 571 g/mol. The average molecular weight is 600 g/mol. The number of aromatic nitrogens is 1. The summed E-state index contributed by atoms with van der Waals surface area (Å²) in [4.78, 5) is 0. The van der Waals surface area contributed by atoms with E-state index in [4.69, 9.17) is 13.0 Å². The minimum atomic E-state index is -6.09. The normalized spacial score (nSPS) is 13.5.